The molecule has 2 aromatic carbocycles. The van der Waals surface area contributed by atoms with Crippen molar-refractivity contribution in [2.45, 2.75) is 78.9 Å². The molecule has 0 bridgehead atoms. The van der Waals surface area contributed by atoms with Crippen LogP contribution < -0.4 is 4.90 Å². The molecular formula is C28H36N2. The van der Waals surface area contributed by atoms with E-state index in [0.29, 0.717) is 5.92 Å². The molecule has 5 rings (SSSR count). The molecule has 158 valence electrons. The van der Waals surface area contributed by atoms with Crippen molar-refractivity contribution in [2.24, 2.45) is 11.3 Å². The van der Waals surface area contributed by atoms with Crippen molar-refractivity contribution in [3.05, 3.63) is 70.9 Å². The lowest BCUT2D eigenvalue weighted by Crippen LogP contribution is -2.50. The van der Waals surface area contributed by atoms with Gasteiger partial charge in [-0.1, -0.05) is 82.5 Å². The van der Waals surface area contributed by atoms with Gasteiger partial charge in [0.1, 0.15) is 6.17 Å². The Bertz CT molecular complexity index is 1030. The van der Waals surface area contributed by atoms with Gasteiger partial charge in [-0.05, 0) is 49.8 Å². The Morgan fingerprint density at radius 1 is 0.900 bits per heavy atom. The first-order chi connectivity index (χ1) is 14.8. The van der Waals surface area contributed by atoms with Gasteiger partial charge in [-0.2, -0.15) is 0 Å². The van der Waals surface area contributed by atoms with Crippen LogP contribution in [0.1, 0.15) is 83.9 Å². The third kappa shape index (κ3) is 2.91. The van der Waals surface area contributed by atoms with Crippen molar-refractivity contribution in [1.29, 1.82) is 0 Å². The van der Waals surface area contributed by atoms with Crippen molar-refractivity contribution in [3.63, 3.8) is 0 Å². The van der Waals surface area contributed by atoms with Crippen molar-refractivity contribution < 1.29 is 1.37 Å². The van der Waals surface area contributed by atoms with Crippen LogP contribution in [0.4, 0.5) is 5.69 Å². The smallest absolute Gasteiger partial charge is 0.112 e. The van der Waals surface area contributed by atoms with Crippen LogP contribution in [0, 0.1) is 18.3 Å². The highest BCUT2D eigenvalue weighted by Gasteiger charge is 2.52. The molecular weight excluding hydrogens is 364 g/mol. The predicted octanol–water partition coefficient (Wildman–Crippen LogP) is 7.51. The molecule has 0 radical (unpaired) electrons. The number of benzene rings is 2. The number of anilines is 1. The molecule has 2 atom stereocenters. The highest BCUT2D eigenvalue weighted by atomic mass is 15.4. The highest BCUT2D eigenvalue weighted by molar-refractivity contribution is 5.82. The Balaban J connectivity index is 1.77. The molecule has 0 saturated heterocycles. The summed E-state index contributed by atoms with van der Waals surface area (Å²) in [4.78, 5) is 5.06. The van der Waals surface area contributed by atoms with Crippen LogP contribution in [0.15, 0.2) is 54.2 Å². The molecule has 0 spiro atoms. The molecule has 0 N–H and O–H groups in total. The van der Waals surface area contributed by atoms with E-state index in [0.717, 1.165) is 12.8 Å². The largest absolute Gasteiger partial charge is 0.341 e. The number of aryl methyl sites for hydroxylation is 1. The van der Waals surface area contributed by atoms with Crippen LogP contribution >= 0.6 is 0 Å². The molecule has 2 heterocycles. The lowest BCUT2D eigenvalue weighted by Gasteiger charge is -2.47. The van der Waals surface area contributed by atoms with Crippen LogP contribution in [0.5, 0.6) is 0 Å². The van der Waals surface area contributed by atoms with E-state index < -0.39 is 6.02 Å². The lowest BCUT2D eigenvalue weighted by molar-refractivity contribution is 0.0943. The first-order valence-electron chi connectivity index (χ1n) is 12.2. The minimum Gasteiger partial charge on any atom is -0.341 e. The second-order valence-electron chi connectivity index (χ2n) is 10.5. The SMILES string of the molecule is [2H]C1(C2CCCCC2)c2ccccc2C2=C(C)N(c3ccccc3C)C(C(C)(C)C)N21. The third-order valence-corrected chi connectivity index (χ3v) is 7.29. The van der Waals surface area contributed by atoms with Crippen molar-refractivity contribution in [3.8, 4) is 0 Å². The van der Waals surface area contributed by atoms with Gasteiger partial charge < -0.3 is 9.80 Å². The van der Waals surface area contributed by atoms with Crippen LogP contribution in [-0.2, 0) is 0 Å². The van der Waals surface area contributed by atoms with E-state index in [1.165, 1.54) is 53.0 Å². The zero-order valence-electron chi connectivity index (χ0n) is 20.2. The van der Waals surface area contributed by atoms with Gasteiger partial charge in [-0.15, -0.1) is 0 Å². The minimum absolute atomic E-state index is 0.0195. The summed E-state index contributed by atoms with van der Waals surface area (Å²) in [6.45, 7) is 11.5. The van der Waals surface area contributed by atoms with Crippen LogP contribution in [0.25, 0.3) is 5.70 Å². The quantitative estimate of drug-likeness (QED) is 0.513. The average molecular weight is 402 g/mol. The molecule has 30 heavy (non-hydrogen) atoms. The summed E-state index contributed by atoms with van der Waals surface area (Å²) in [5.74, 6) is 0.370. The highest BCUT2D eigenvalue weighted by Crippen LogP contribution is 2.57. The van der Waals surface area contributed by atoms with Crippen molar-refractivity contribution in [1.82, 2.24) is 4.90 Å². The first-order valence-corrected chi connectivity index (χ1v) is 11.7. The zero-order valence-corrected chi connectivity index (χ0v) is 19.2. The topological polar surface area (TPSA) is 6.48 Å². The summed E-state index contributed by atoms with van der Waals surface area (Å²) in [7, 11) is 0. The molecule has 2 unspecified atom stereocenters. The van der Waals surface area contributed by atoms with Gasteiger partial charge in [0.05, 0.1) is 13.1 Å². The fraction of sp³-hybridized carbons (Fsp3) is 0.500. The molecule has 2 heteroatoms. The number of rotatable bonds is 2. The normalized spacial score (nSPS) is 27.4. The Kier molecular flexibility index (Phi) is 4.44. The van der Waals surface area contributed by atoms with E-state index in [1.807, 2.05) is 0 Å². The summed E-state index contributed by atoms with van der Waals surface area (Å²) in [6.07, 6.45) is 6.23. The van der Waals surface area contributed by atoms with Gasteiger partial charge in [0.2, 0.25) is 0 Å². The van der Waals surface area contributed by atoms with E-state index >= 15 is 0 Å². The number of fused-ring (bicyclic) bond motifs is 3. The number of hydrogen-bond acceptors (Lipinski definition) is 2. The molecule has 0 amide bonds. The standard InChI is InChI=1S/C28H36N2/c1-19-13-9-12-18-24(19)29-20(2)25-22-16-10-11-17-23(22)26(21-14-7-6-8-15-21)30(25)27(29)28(3,4)5/h9-13,16-18,21,26-27H,6-8,14-15H2,1-5H3/i26D. The Morgan fingerprint density at radius 3 is 2.27 bits per heavy atom. The molecule has 2 aromatic rings. The van der Waals surface area contributed by atoms with Crippen LogP contribution in [-0.4, -0.2) is 11.1 Å². The van der Waals surface area contributed by atoms with E-state index in [2.05, 4.69) is 92.9 Å². The maximum Gasteiger partial charge on any atom is 0.112 e. The van der Waals surface area contributed by atoms with E-state index in [1.54, 1.807) is 0 Å². The fourth-order valence-electron chi connectivity index (χ4n) is 6.04. The van der Waals surface area contributed by atoms with Gasteiger partial charge >= 0.3 is 0 Å². The Labute approximate surface area is 184 Å². The summed E-state index contributed by atoms with van der Waals surface area (Å²) >= 11 is 0. The van der Waals surface area contributed by atoms with Crippen LogP contribution in [0.3, 0.4) is 0 Å². The fourth-order valence-corrected chi connectivity index (χ4v) is 6.04. The Morgan fingerprint density at radius 2 is 1.57 bits per heavy atom. The van der Waals surface area contributed by atoms with Gasteiger partial charge in [0.25, 0.3) is 0 Å². The summed E-state index contributed by atoms with van der Waals surface area (Å²) in [5, 5.41) is 0. The number of para-hydroxylation sites is 1. The van der Waals surface area contributed by atoms with Gasteiger partial charge in [-0.3, -0.25) is 0 Å². The Hall–Kier alpha value is -2.22. The molecule has 3 aliphatic rings. The minimum atomic E-state index is -0.705. The molecule has 1 saturated carbocycles. The molecule has 0 aromatic heterocycles. The van der Waals surface area contributed by atoms with Gasteiger partial charge in [-0.25, -0.2) is 0 Å². The maximum atomic E-state index is 10.2. The number of nitrogens with zero attached hydrogens (tertiary/aromatic N) is 2. The molecule has 1 fully saturated rings. The zero-order chi connectivity index (χ0) is 22.0. The summed E-state index contributed by atoms with van der Waals surface area (Å²) < 4.78 is 10.2. The van der Waals surface area contributed by atoms with Gasteiger partial charge in [0.15, 0.2) is 0 Å². The van der Waals surface area contributed by atoms with E-state index in [-0.39, 0.29) is 11.6 Å². The number of hydrogen-bond donors (Lipinski definition) is 0. The molecule has 2 aliphatic heterocycles. The molecule has 1 aliphatic carbocycles. The summed E-state index contributed by atoms with van der Waals surface area (Å²) in [5.41, 5.74) is 7.59. The van der Waals surface area contributed by atoms with E-state index in [9.17, 15) is 1.37 Å². The lowest BCUT2D eigenvalue weighted by atomic mass is 9.80. The van der Waals surface area contributed by atoms with Crippen molar-refractivity contribution >= 4 is 11.4 Å². The van der Waals surface area contributed by atoms with Crippen LogP contribution in [0.2, 0.25) is 0 Å². The summed E-state index contributed by atoms with van der Waals surface area (Å²) in [6, 6.07) is 16.8. The second-order valence-corrected chi connectivity index (χ2v) is 10.5. The number of allylic oxidation sites excluding steroid dienone is 1. The third-order valence-electron chi connectivity index (χ3n) is 7.29. The second kappa shape index (κ2) is 7.18. The first kappa shape index (κ1) is 18.5. The van der Waals surface area contributed by atoms with Crippen molar-refractivity contribution in [2.75, 3.05) is 4.90 Å². The monoisotopic (exact) mass is 401 g/mol. The van der Waals surface area contributed by atoms with Gasteiger partial charge in [0, 0.05) is 22.4 Å². The predicted molar refractivity (Wildman–Crippen MR) is 127 cm³/mol. The van der Waals surface area contributed by atoms with E-state index in [4.69, 9.17) is 0 Å². The maximum absolute atomic E-state index is 10.2. The average Bonchev–Trinajstić information content (AvgIpc) is 3.21. The molecule has 2 nitrogen and oxygen atoms in total.